The first kappa shape index (κ1) is 28.4. The SMILES string of the molecule is CNC(=O)[C@H](Cc1ccccc1)N(Cc1ccccc1F)C(=O)CN(c1cc(Cl)ccc1Cl)S(C)(=O)=O. The van der Waals surface area contributed by atoms with Crippen molar-refractivity contribution in [2.75, 3.05) is 24.2 Å². The number of nitrogens with one attached hydrogen (secondary N) is 1. The van der Waals surface area contributed by atoms with Crippen molar-refractivity contribution in [1.29, 1.82) is 0 Å². The molecule has 1 N–H and O–H groups in total. The number of rotatable bonds is 10. The molecule has 0 saturated carbocycles. The zero-order valence-electron chi connectivity index (χ0n) is 20.2. The lowest BCUT2D eigenvalue weighted by atomic mass is 10.0. The van der Waals surface area contributed by atoms with E-state index in [2.05, 4.69) is 5.32 Å². The second-order valence-electron chi connectivity index (χ2n) is 8.30. The van der Waals surface area contributed by atoms with Gasteiger partial charge >= 0.3 is 0 Å². The van der Waals surface area contributed by atoms with E-state index in [1.165, 1.54) is 48.3 Å². The van der Waals surface area contributed by atoms with E-state index >= 15 is 0 Å². The van der Waals surface area contributed by atoms with Crippen molar-refractivity contribution in [3.63, 3.8) is 0 Å². The van der Waals surface area contributed by atoms with Crippen LogP contribution in [0.15, 0.2) is 72.8 Å². The molecule has 196 valence electrons. The summed E-state index contributed by atoms with van der Waals surface area (Å²) in [4.78, 5) is 28.0. The number of benzene rings is 3. The van der Waals surface area contributed by atoms with Crippen molar-refractivity contribution >= 4 is 50.7 Å². The van der Waals surface area contributed by atoms with Crippen LogP contribution in [0.5, 0.6) is 0 Å². The second-order valence-corrected chi connectivity index (χ2v) is 11.0. The smallest absolute Gasteiger partial charge is 0.244 e. The number of likely N-dealkylation sites (N-methyl/N-ethyl adjacent to an activating group) is 1. The first-order valence-corrected chi connectivity index (χ1v) is 13.8. The van der Waals surface area contributed by atoms with Gasteiger partial charge in [0.25, 0.3) is 0 Å². The fourth-order valence-electron chi connectivity index (χ4n) is 3.80. The highest BCUT2D eigenvalue weighted by Gasteiger charge is 2.33. The molecule has 0 radical (unpaired) electrons. The number of carbonyl (C=O) groups is 2. The topological polar surface area (TPSA) is 86.8 Å². The highest BCUT2D eigenvalue weighted by Crippen LogP contribution is 2.31. The summed E-state index contributed by atoms with van der Waals surface area (Å²) in [5.74, 6) is -1.77. The van der Waals surface area contributed by atoms with E-state index in [1.807, 2.05) is 6.07 Å². The Labute approximate surface area is 225 Å². The highest BCUT2D eigenvalue weighted by molar-refractivity contribution is 7.92. The van der Waals surface area contributed by atoms with Gasteiger partial charge in [-0.1, -0.05) is 71.7 Å². The standard InChI is InChI=1S/C26H26Cl2FN3O4S/c1-30-26(34)24(14-18-8-4-3-5-9-18)31(16-19-10-6-7-11-22(19)29)25(33)17-32(37(2,35)36)23-15-20(27)12-13-21(23)28/h3-13,15,24H,14,16-17H2,1-2H3,(H,30,34)/t24-/m0/s1. The molecule has 7 nitrogen and oxygen atoms in total. The molecule has 11 heteroatoms. The summed E-state index contributed by atoms with van der Waals surface area (Å²) in [7, 11) is -2.58. The van der Waals surface area contributed by atoms with Crippen LogP contribution in [-0.4, -0.2) is 51.0 Å². The molecule has 0 unspecified atom stereocenters. The van der Waals surface area contributed by atoms with Crippen molar-refractivity contribution < 1.29 is 22.4 Å². The minimum atomic E-state index is -4.01. The lowest BCUT2D eigenvalue weighted by molar-refractivity contribution is -0.139. The quantitative estimate of drug-likeness (QED) is 0.397. The minimum absolute atomic E-state index is 0.00964. The number of hydrogen-bond donors (Lipinski definition) is 1. The predicted octanol–water partition coefficient (Wildman–Crippen LogP) is 4.28. The molecule has 0 aliphatic carbocycles. The molecule has 37 heavy (non-hydrogen) atoms. The van der Waals surface area contributed by atoms with Crippen LogP contribution in [0.1, 0.15) is 11.1 Å². The maximum atomic E-state index is 14.6. The zero-order valence-corrected chi connectivity index (χ0v) is 22.5. The largest absolute Gasteiger partial charge is 0.357 e. The summed E-state index contributed by atoms with van der Waals surface area (Å²) in [5.41, 5.74) is 0.945. The summed E-state index contributed by atoms with van der Waals surface area (Å²) in [5, 5.41) is 2.84. The zero-order chi connectivity index (χ0) is 27.2. The van der Waals surface area contributed by atoms with Crippen LogP contribution in [0.25, 0.3) is 0 Å². The molecule has 0 bridgehead atoms. The van der Waals surface area contributed by atoms with Gasteiger partial charge in [0.1, 0.15) is 18.4 Å². The Morgan fingerprint density at radius 2 is 1.65 bits per heavy atom. The number of nitrogens with zero attached hydrogens (tertiary/aromatic N) is 2. The molecular formula is C26H26Cl2FN3O4S. The van der Waals surface area contributed by atoms with E-state index in [1.54, 1.807) is 30.3 Å². The van der Waals surface area contributed by atoms with Crippen molar-refractivity contribution in [1.82, 2.24) is 10.2 Å². The third kappa shape index (κ3) is 7.44. The van der Waals surface area contributed by atoms with Crippen molar-refractivity contribution in [3.8, 4) is 0 Å². The highest BCUT2D eigenvalue weighted by atomic mass is 35.5. The van der Waals surface area contributed by atoms with Gasteiger partial charge < -0.3 is 10.2 Å². The molecule has 0 fully saturated rings. The summed E-state index contributed by atoms with van der Waals surface area (Å²) in [6, 6.07) is 18.1. The van der Waals surface area contributed by atoms with Gasteiger partial charge in [-0.25, -0.2) is 12.8 Å². The molecule has 0 heterocycles. The van der Waals surface area contributed by atoms with Crippen molar-refractivity contribution in [2.24, 2.45) is 0 Å². The van der Waals surface area contributed by atoms with E-state index in [0.717, 1.165) is 16.1 Å². The summed E-state index contributed by atoms with van der Waals surface area (Å²) >= 11 is 12.3. The van der Waals surface area contributed by atoms with Crippen molar-refractivity contribution in [2.45, 2.75) is 19.0 Å². The fourth-order valence-corrected chi connectivity index (χ4v) is 5.09. The van der Waals surface area contributed by atoms with Gasteiger partial charge in [-0.15, -0.1) is 0 Å². The lowest BCUT2D eigenvalue weighted by Gasteiger charge is -2.33. The van der Waals surface area contributed by atoms with Crippen LogP contribution < -0.4 is 9.62 Å². The van der Waals surface area contributed by atoms with Crippen LogP contribution in [0, 0.1) is 5.82 Å². The maximum absolute atomic E-state index is 14.6. The molecule has 0 saturated heterocycles. The number of amides is 2. The van der Waals surface area contributed by atoms with Gasteiger partial charge in [-0.05, 0) is 29.8 Å². The van der Waals surface area contributed by atoms with Crippen LogP contribution in [0.4, 0.5) is 10.1 Å². The number of hydrogen-bond acceptors (Lipinski definition) is 4. The Kier molecular flexibility index (Phi) is 9.53. The van der Waals surface area contributed by atoms with Crippen LogP contribution in [0.3, 0.4) is 0 Å². The second kappa shape index (κ2) is 12.4. The van der Waals surface area contributed by atoms with Gasteiger partial charge in [0.15, 0.2) is 0 Å². The molecule has 3 aromatic rings. The Morgan fingerprint density at radius 3 is 2.27 bits per heavy atom. The normalized spacial score (nSPS) is 12.0. The van der Waals surface area contributed by atoms with Crippen LogP contribution in [0.2, 0.25) is 10.0 Å². The first-order chi connectivity index (χ1) is 17.5. The maximum Gasteiger partial charge on any atom is 0.244 e. The minimum Gasteiger partial charge on any atom is -0.357 e. The Bertz CT molecular complexity index is 1370. The van der Waals surface area contributed by atoms with E-state index in [-0.39, 0.29) is 34.3 Å². The number of sulfonamides is 1. The molecule has 0 aliphatic heterocycles. The van der Waals surface area contributed by atoms with Gasteiger partial charge in [-0.2, -0.15) is 0 Å². The van der Waals surface area contributed by atoms with Crippen LogP contribution >= 0.6 is 23.2 Å². The summed E-state index contributed by atoms with van der Waals surface area (Å²) in [6.45, 7) is -0.951. The molecule has 1 atom stereocenters. The fraction of sp³-hybridized carbons (Fsp3) is 0.231. The average molecular weight is 566 g/mol. The number of halogens is 3. The van der Waals surface area contributed by atoms with E-state index in [9.17, 15) is 22.4 Å². The van der Waals surface area contributed by atoms with Crippen LogP contribution in [-0.2, 0) is 32.6 Å². The summed E-state index contributed by atoms with van der Waals surface area (Å²) < 4.78 is 40.9. The monoisotopic (exact) mass is 565 g/mol. The lowest BCUT2D eigenvalue weighted by Crippen LogP contribution is -2.53. The van der Waals surface area contributed by atoms with Gasteiger partial charge in [0.2, 0.25) is 21.8 Å². The van der Waals surface area contributed by atoms with E-state index < -0.39 is 40.2 Å². The third-order valence-electron chi connectivity index (χ3n) is 5.67. The van der Waals surface area contributed by atoms with Gasteiger partial charge in [0.05, 0.1) is 17.0 Å². The van der Waals surface area contributed by atoms with Crippen molar-refractivity contribution in [3.05, 3.63) is 99.8 Å². The molecular weight excluding hydrogens is 540 g/mol. The average Bonchev–Trinajstić information content (AvgIpc) is 2.86. The number of anilines is 1. The predicted molar refractivity (Wildman–Crippen MR) is 144 cm³/mol. The van der Waals surface area contributed by atoms with E-state index in [4.69, 9.17) is 23.2 Å². The first-order valence-electron chi connectivity index (χ1n) is 11.2. The van der Waals surface area contributed by atoms with Gasteiger partial charge in [-0.3, -0.25) is 13.9 Å². The molecule has 3 aromatic carbocycles. The Balaban J connectivity index is 2.07. The Morgan fingerprint density at radius 1 is 1.00 bits per heavy atom. The Hall–Kier alpha value is -3.14. The molecule has 2 amide bonds. The number of carbonyl (C=O) groups excluding carboxylic acids is 2. The van der Waals surface area contributed by atoms with E-state index in [0.29, 0.717) is 0 Å². The molecule has 3 rings (SSSR count). The molecule has 0 aromatic heterocycles. The molecule has 0 aliphatic rings. The van der Waals surface area contributed by atoms with Gasteiger partial charge in [0, 0.05) is 30.6 Å². The molecule has 0 spiro atoms. The summed E-state index contributed by atoms with van der Waals surface area (Å²) in [6.07, 6.45) is 1.05. The third-order valence-corrected chi connectivity index (χ3v) is 7.35.